The Bertz CT molecular complexity index is 516. The first kappa shape index (κ1) is 9.81. The first-order valence-corrected chi connectivity index (χ1v) is 5.64. The molecule has 0 aromatic carbocycles. The minimum absolute atomic E-state index is 0.0638. The van der Waals surface area contributed by atoms with Crippen LogP contribution in [0.25, 0.3) is 5.52 Å². The normalized spacial score (nSPS) is 17.9. The number of hydrogen-bond donors (Lipinski definition) is 2. The Hall–Kier alpha value is -1.39. The molecular weight excluding hydrogens is 202 g/mol. The number of aliphatic hydroxyl groups is 1. The number of hydrogen-bond acceptors (Lipinski definition) is 3. The molecule has 3 rings (SSSR count). The van der Waals surface area contributed by atoms with Crippen LogP contribution >= 0.6 is 0 Å². The van der Waals surface area contributed by atoms with Crippen LogP contribution in [-0.2, 0) is 0 Å². The predicted octanol–water partition coefficient (Wildman–Crippen LogP) is 1.20. The van der Waals surface area contributed by atoms with Crippen molar-refractivity contribution in [3.8, 4) is 0 Å². The van der Waals surface area contributed by atoms with Crippen molar-refractivity contribution >= 4 is 5.52 Å². The van der Waals surface area contributed by atoms with Gasteiger partial charge >= 0.3 is 0 Å². The lowest BCUT2D eigenvalue weighted by molar-refractivity contribution is 0.266. The zero-order valence-electron chi connectivity index (χ0n) is 9.00. The monoisotopic (exact) mass is 217 g/mol. The Labute approximate surface area is 93.7 Å². The van der Waals surface area contributed by atoms with E-state index in [1.807, 2.05) is 24.4 Å². The Morgan fingerprint density at radius 2 is 2.31 bits per heavy atom. The van der Waals surface area contributed by atoms with E-state index in [9.17, 15) is 0 Å². The fourth-order valence-corrected chi connectivity index (χ4v) is 2.08. The summed E-state index contributed by atoms with van der Waals surface area (Å²) in [6, 6.07) is 5.59. The Morgan fingerprint density at radius 1 is 1.50 bits per heavy atom. The summed E-state index contributed by atoms with van der Waals surface area (Å²) in [6.45, 7) is -0.0638. The van der Waals surface area contributed by atoms with Gasteiger partial charge in [-0.2, -0.15) is 0 Å². The molecule has 0 radical (unpaired) electrons. The van der Waals surface area contributed by atoms with Crippen molar-refractivity contribution in [3.05, 3.63) is 35.9 Å². The van der Waals surface area contributed by atoms with Crippen LogP contribution in [0.3, 0.4) is 0 Å². The summed E-state index contributed by atoms with van der Waals surface area (Å²) >= 11 is 0. The standard InChI is InChI=1S/C12H15N3O/c13-9(7-16)11-10-3-1-2-6-15(10)12(14-11)8-4-5-8/h1-3,6,8-9,16H,4-5,7,13H2. The SMILES string of the molecule is NC(CO)c1nc(C2CC2)n2ccccc12. The molecule has 4 nitrogen and oxygen atoms in total. The summed E-state index contributed by atoms with van der Waals surface area (Å²) in [6.07, 6.45) is 4.44. The van der Waals surface area contributed by atoms with Crippen LogP contribution in [0.15, 0.2) is 24.4 Å². The summed E-state index contributed by atoms with van der Waals surface area (Å²) in [7, 11) is 0. The third-order valence-electron chi connectivity index (χ3n) is 3.09. The van der Waals surface area contributed by atoms with Crippen LogP contribution < -0.4 is 5.73 Å². The average molecular weight is 217 g/mol. The zero-order chi connectivity index (χ0) is 11.1. The van der Waals surface area contributed by atoms with E-state index in [0.29, 0.717) is 5.92 Å². The Morgan fingerprint density at radius 3 is 3.00 bits per heavy atom. The molecule has 0 aliphatic heterocycles. The quantitative estimate of drug-likeness (QED) is 0.812. The van der Waals surface area contributed by atoms with Gasteiger partial charge in [-0.05, 0) is 25.0 Å². The molecule has 1 aliphatic carbocycles. The van der Waals surface area contributed by atoms with E-state index in [-0.39, 0.29) is 12.6 Å². The van der Waals surface area contributed by atoms with Gasteiger partial charge in [0.05, 0.1) is 23.9 Å². The van der Waals surface area contributed by atoms with Crippen LogP contribution in [-0.4, -0.2) is 21.1 Å². The number of aliphatic hydroxyl groups excluding tert-OH is 1. The van der Waals surface area contributed by atoms with Crippen LogP contribution in [0.4, 0.5) is 0 Å². The first-order chi connectivity index (χ1) is 7.81. The summed E-state index contributed by atoms with van der Waals surface area (Å²) in [5.41, 5.74) is 7.70. The number of nitrogens with zero attached hydrogens (tertiary/aromatic N) is 2. The Balaban J connectivity index is 2.20. The fraction of sp³-hybridized carbons (Fsp3) is 0.417. The van der Waals surface area contributed by atoms with Gasteiger partial charge in [0, 0.05) is 12.1 Å². The highest BCUT2D eigenvalue weighted by molar-refractivity contribution is 5.55. The lowest BCUT2D eigenvalue weighted by Crippen LogP contribution is -2.15. The molecule has 2 aromatic rings. The molecule has 1 aliphatic rings. The smallest absolute Gasteiger partial charge is 0.116 e. The summed E-state index contributed by atoms with van der Waals surface area (Å²) in [5, 5.41) is 9.14. The van der Waals surface area contributed by atoms with E-state index in [4.69, 9.17) is 10.8 Å². The second-order valence-electron chi connectivity index (χ2n) is 4.37. The number of imidazole rings is 1. The number of pyridine rings is 1. The third kappa shape index (κ3) is 1.42. The van der Waals surface area contributed by atoms with E-state index in [2.05, 4.69) is 9.38 Å². The first-order valence-electron chi connectivity index (χ1n) is 5.64. The second kappa shape index (κ2) is 3.57. The molecule has 1 fully saturated rings. The van der Waals surface area contributed by atoms with Gasteiger partial charge in [0.25, 0.3) is 0 Å². The maximum Gasteiger partial charge on any atom is 0.116 e. The highest BCUT2D eigenvalue weighted by Gasteiger charge is 2.29. The molecule has 3 N–H and O–H groups in total. The molecule has 16 heavy (non-hydrogen) atoms. The molecule has 1 unspecified atom stereocenters. The molecule has 1 atom stereocenters. The van der Waals surface area contributed by atoms with Crippen molar-refractivity contribution in [2.45, 2.75) is 24.8 Å². The fourth-order valence-electron chi connectivity index (χ4n) is 2.08. The molecule has 0 bridgehead atoms. The molecule has 84 valence electrons. The van der Waals surface area contributed by atoms with Crippen molar-refractivity contribution in [1.82, 2.24) is 9.38 Å². The number of nitrogens with two attached hydrogens (primary N) is 1. The lowest BCUT2D eigenvalue weighted by Gasteiger charge is -2.04. The zero-order valence-corrected chi connectivity index (χ0v) is 9.00. The highest BCUT2D eigenvalue weighted by Crippen LogP contribution is 2.40. The van der Waals surface area contributed by atoms with Gasteiger partial charge in [-0.25, -0.2) is 4.98 Å². The van der Waals surface area contributed by atoms with E-state index in [1.54, 1.807) is 0 Å². The molecule has 0 spiro atoms. The summed E-state index contributed by atoms with van der Waals surface area (Å²) in [5.74, 6) is 1.67. The van der Waals surface area contributed by atoms with Crippen LogP contribution in [0, 0.1) is 0 Å². The maximum absolute atomic E-state index is 9.14. The van der Waals surface area contributed by atoms with Gasteiger partial charge in [0.15, 0.2) is 0 Å². The van der Waals surface area contributed by atoms with Crippen molar-refractivity contribution in [2.75, 3.05) is 6.61 Å². The minimum Gasteiger partial charge on any atom is -0.394 e. The second-order valence-corrected chi connectivity index (χ2v) is 4.37. The maximum atomic E-state index is 9.14. The van der Waals surface area contributed by atoms with E-state index in [1.165, 1.54) is 12.8 Å². The van der Waals surface area contributed by atoms with Crippen LogP contribution in [0.2, 0.25) is 0 Å². The van der Waals surface area contributed by atoms with Crippen molar-refractivity contribution in [3.63, 3.8) is 0 Å². The van der Waals surface area contributed by atoms with Gasteiger partial charge in [-0.1, -0.05) is 6.07 Å². The van der Waals surface area contributed by atoms with Gasteiger partial charge in [0.2, 0.25) is 0 Å². The van der Waals surface area contributed by atoms with Gasteiger partial charge in [-0.3, -0.25) is 0 Å². The largest absolute Gasteiger partial charge is 0.394 e. The van der Waals surface area contributed by atoms with Crippen LogP contribution in [0.5, 0.6) is 0 Å². The number of rotatable bonds is 3. The van der Waals surface area contributed by atoms with Gasteiger partial charge in [-0.15, -0.1) is 0 Å². The Kier molecular flexibility index (Phi) is 2.19. The number of aromatic nitrogens is 2. The average Bonchev–Trinajstić information content (AvgIpc) is 3.09. The topological polar surface area (TPSA) is 63.5 Å². The molecule has 0 amide bonds. The van der Waals surface area contributed by atoms with Gasteiger partial charge < -0.3 is 15.2 Å². The van der Waals surface area contributed by atoms with Crippen LogP contribution in [0.1, 0.15) is 36.3 Å². The van der Waals surface area contributed by atoms with E-state index in [0.717, 1.165) is 17.0 Å². The van der Waals surface area contributed by atoms with E-state index >= 15 is 0 Å². The highest BCUT2D eigenvalue weighted by atomic mass is 16.3. The van der Waals surface area contributed by atoms with Crippen molar-refractivity contribution in [2.24, 2.45) is 5.73 Å². The molecular formula is C12H15N3O. The molecule has 2 heterocycles. The third-order valence-corrected chi connectivity index (χ3v) is 3.09. The molecule has 2 aromatic heterocycles. The van der Waals surface area contributed by atoms with Gasteiger partial charge in [0.1, 0.15) is 5.82 Å². The van der Waals surface area contributed by atoms with Crippen molar-refractivity contribution < 1.29 is 5.11 Å². The van der Waals surface area contributed by atoms with E-state index < -0.39 is 0 Å². The summed E-state index contributed by atoms with van der Waals surface area (Å²) in [4.78, 5) is 4.60. The number of fused-ring (bicyclic) bond motifs is 1. The molecule has 0 saturated heterocycles. The summed E-state index contributed by atoms with van der Waals surface area (Å²) < 4.78 is 2.10. The minimum atomic E-state index is -0.384. The lowest BCUT2D eigenvalue weighted by atomic mass is 10.2. The van der Waals surface area contributed by atoms with Crippen molar-refractivity contribution in [1.29, 1.82) is 0 Å². The molecule has 1 saturated carbocycles. The molecule has 4 heteroatoms. The predicted molar refractivity (Wildman–Crippen MR) is 61.2 cm³/mol.